The molecule has 6 heterocycles. The van der Waals surface area contributed by atoms with Crippen molar-refractivity contribution in [1.29, 1.82) is 0 Å². The van der Waals surface area contributed by atoms with Crippen molar-refractivity contribution in [3.8, 4) is 62.0 Å². The summed E-state index contributed by atoms with van der Waals surface area (Å²) in [6.45, 7) is 0.352. The number of hydrogen-bond donors (Lipinski definition) is 3. The zero-order valence-electron chi connectivity index (χ0n) is 35.2. The molecule has 14 nitrogen and oxygen atoms in total. The Kier molecular flexibility index (Phi) is 11.7. The van der Waals surface area contributed by atoms with Gasteiger partial charge in [-0.25, -0.2) is 9.97 Å². The van der Waals surface area contributed by atoms with Crippen molar-refractivity contribution in [1.82, 2.24) is 29.5 Å². The first kappa shape index (κ1) is 42.3. The maximum absolute atomic E-state index is 13.6. The molecule has 0 saturated heterocycles. The van der Waals surface area contributed by atoms with Gasteiger partial charge in [0, 0.05) is 64.5 Å². The average molecular weight is 935 g/mol. The zero-order chi connectivity index (χ0) is 44.1. The summed E-state index contributed by atoms with van der Waals surface area (Å²) in [6, 6.07) is 17.4. The van der Waals surface area contributed by atoms with Crippen LogP contribution in [0.15, 0.2) is 87.8 Å². The second-order valence-corrected chi connectivity index (χ2v) is 21.9. The van der Waals surface area contributed by atoms with Gasteiger partial charge in [-0.2, -0.15) is 10.2 Å². The van der Waals surface area contributed by atoms with E-state index in [0.717, 1.165) is 93.2 Å². The Morgan fingerprint density at radius 3 is 1.70 bits per heavy atom. The predicted octanol–water partition coefficient (Wildman–Crippen LogP) is 8.35. The summed E-state index contributed by atoms with van der Waals surface area (Å²) < 4.78 is 50.3. The van der Waals surface area contributed by atoms with Crippen LogP contribution in [0.3, 0.4) is 0 Å². The molecular formula is C46H46N8O6S4. The lowest BCUT2D eigenvalue weighted by molar-refractivity contribution is 0.184. The molecule has 8 aromatic rings. The minimum Gasteiger partial charge on any atom is -0.490 e. The van der Waals surface area contributed by atoms with Crippen molar-refractivity contribution in [3.05, 3.63) is 79.4 Å². The van der Waals surface area contributed by atoms with Gasteiger partial charge in [0.1, 0.15) is 43.6 Å². The highest BCUT2D eigenvalue weighted by Gasteiger charge is 2.31. The monoisotopic (exact) mass is 934 g/mol. The number of nitrogens with zero attached hydrogens (tertiary/aromatic N) is 6. The molecule has 10 rings (SSSR count). The van der Waals surface area contributed by atoms with E-state index in [9.17, 15) is 13.5 Å². The number of thiophene rings is 2. The number of aromatic nitrogens is 6. The summed E-state index contributed by atoms with van der Waals surface area (Å²) in [5.74, 6) is 1.58. The number of nitrogen functional groups attached to an aromatic ring is 2. The van der Waals surface area contributed by atoms with Crippen LogP contribution in [-0.2, 0) is 35.7 Å². The standard InChI is InChI=1S/C46H46N8O6S4/c1-53-24-28(22-49-53)34-21-35(51-44-40(34)42(48)46(62-44)64(57)32-7-4-8-32)27-11-14-37(59-16-15-55)38(19-27)60-18-17-58-30-12-9-26(10-13-30)33-20-36(29-23-50-54(2)25-29)52-43-39(33)41(47)45(61-43)63(56)31-5-3-6-31/h9-14,19-25,31-32,55H,3-8,15-18,47-48H2,1-2H3. The molecule has 2 atom stereocenters. The van der Waals surface area contributed by atoms with Crippen LogP contribution < -0.4 is 25.7 Å². The molecule has 0 radical (unpaired) electrons. The van der Waals surface area contributed by atoms with E-state index in [1.54, 1.807) is 27.8 Å². The van der Waals surface area contributed by atoms with Gasteiger partial charge in [-0.1, -0.05) is 25.0 Å². The molecule has 18 heteroatoms. The Balaban J connectivity index is 0.896. The molecule has 2 aromatic carbocycles. The van der Waals surface area contributed by atoms with E-state index in [4.69, 9.17) is 35.6 Å². The van der Waals surface area contributed by atoms with Crippen LogP contribution in [0.4, 0.5) is 11.4 Å². The third-order valence-electron chi connectivity index (χ3n) is 11.8. The fraction of sp³-hybridized carbons (Fsp3) is 0.304. The lowest BCUT2D eigenvalue weighted by Crippen LogP contribution is -2.23. The molecule has 5 N–H and O–H groups in total. The summed E-state index contributed by atoms with van der Waals surface area (Å²) in [5, 5.41) is 20.2. The second kappa shape index (κ2) is 17.7. The first-order valence-corrected chi connectivity index (χ1v) is 25.2. The molecule has 2 saturated carbocycles. The van der Waals surface area contributed by atoms with Crippen LogP contribution in [0.2, 0.25) is 0 Å². The van der Waals surface area contributed by atoms with Crippen molar-refractivity contribution in [2.75, 3.05) is 37.9 Å². The van der Waals surface area contributed by atoms with E-state index >= 15 is 0 Å². The van der Waals surface area contributed by atoms with Gasteiger partial charge in [0.15, 0.2) is 11.5 Å². The number of anilines is 2. The van der Waals surface area contributed by atoms with Crippen LogP contribution in [0.1, 0.15) is 38.5 Å². The molecule has 2 fully saturated rings. The highest BCUT2D eigenvalue weighted by Crippen LogP contribution is 2.47. The Hall–Kier alpha value is -5.66. The summed E-state index contributed by atoms with van der Waals surface area (Å²) in [6.07, 6.45) is 13.4. The predicted molar refractivity (Wildman–Crippen MR) is 255 cm³/mol. The van der Waals surface area contributed by atoms with Gasteiger partial charge in [-0.3, -0.25) is 17.8 Å². The summed E-state index contributed by atoms with van der Waals surface area (Å²) in [4.78, 5) is 11.5. The number of aliphatic hydroxyl groups excluding tert-OH is 1. The van der Waals surface area contributed by atoms with E-state index in [0.29, 0.717) is 47.6 Å². The lowest BCUT2D eigenvalue weighted by Gasteiger charge is -2.23. The molecule has 2 aliphatic rings. The van der Waals surface area contributed by atoms with Gasteiger partial charge in [0.05, 0.1) is 63.4 Å². The van der Waals surface area contributed by atoms with Gasteiger partial charge >= 0.3 is 0 Å². The van der Waals surface area contributed by atoms with Gasteiger partial charge in [0.25, 0.3) is 0 Å². The lowest BCUT2D eigenvalue weighted by atomic mass is 10.00. The fourth-order valence-electron chi connectivity index (χ4n) is 7.93. The second-order valence-electron chi connectivity index (χ2n) is 16.0. The maximum Gasteiger partial charge on any atom is 0.162 e. The fourth-order valence-corrected chi connectivity index (χ4v) is 14.4. The molecule has 330 valence electrons. The van der Waals surface area contributed by atoms with E-state index < -0.39 is 21.6 Å². The van der Waals surface area contributed by atoms with E-state index in [1.807, 2.05) is 75.0 Å². The molecular weight excluding hydrogens is 889 g/mol. The molecule has 64 heavy (non-hydrogen) atoms. The number of benzene rings is 2. The number of aliphatic hydroxyl groups is 1. The minimum atomic E-state index is -1.20. The van der Waals surface area contributed by atoms with Gasteiger partial charge in [0.2, 0.25) is 0 Å². The van der Waals surface area contributed by atoms with Crippen molar-refractivity contribution in [3.63, 3.8) is 0 Å². The Labute approximate surface area is 382 Å². The molecule has 0 spiro atoms. The topological polar surface area (TPSA) is 196 Å². The van der Waals surface area contributed by atoms with Crippen LogP contribution in [-0.4, -0.2) is 80.0 Å². The highest BCUT2D eigenvalue weighted by atomic mass is 32.2. The first-order valence-electron chi connectivity index (χ1n) is 21.1. The summed E-state index contributed by atoms with van der Waals surface area (Å²) >= 11 is 2.80. The number of ether oxygens (including phenoxy) is 3. The van der Waals surface area contributed by atoms with Crippen molar-refractivity contribution in [2.45, 2.75) is 57.4 Å². The Morgan fingerprint density at radius 2 is 1.17 bits per heavy atom. The number of aryl methyl sites for hydroxylation is 2. The SMILES string of the molecule is Cn1cc(-c2cc(-c3ccc(OCCOc4cc(-c5cc(-c6cnn(C)c6)c6c(N)c(S(=O)C7CCC7)sc6n5)ccc4OCCO)cc3)c3c(N)c(S(=O)C4CCC4)sc3n2)cn1. The smallest absolute Gasteiger partial charge is 0.162 e. The number of fused-ring (bicyclic) bond motifs is 2. The van der Waals surface area contributed by atoms with E-state index in [-0.39, 0.29) is 36.9 Å². The van der Waals surface area contributed by atoms with Crippen LogP contribution in [0, 0.1) is 0 Å². The molecule has 6 aromatic heterocycles. The third kappa shape index (κ3) is 8.06. The van der Waals surface area contributed by atoms with Gasteiger partial charge in [-0.15, -0.1) is 22.7 Å². The molecule has 2 unspecified atom stereocenters. The molecule has 0 bridgehead atoms. The van der Waals surface area contributed by atoms with Gasteiger partial charge in [-0.05, 0) is 84.8 Å². The molecule has 0 aliphatic heterocycles. The number of hydrogen-bond acceptors (Lipinski definition) is 14. The normalized spacial score (nSPS) is 15.3. The molecule has 2 aliphatic carbocycles. The average Bonchev–Trinajstić information content (AvgIpc) is 4.05. The van der Waals surface area contributed by atoms with Crippen molar-refractivity contribution in [2.24, 2.45) is 14.1 Å². The van der Waals surface area contributed by atoms with Gasteiger partial charge < -0.3 is 30.8 Å². The maximum atomic E-state index is 13.6. The summed E-state index contributed by atoms with van der Waals surface area (Å²) in [7, 11) is 1.35. The number of rotatable bonds is 16. The largest absolute Gasteiger partial charge is 0.490 e. The number of pyridine rings is 2. The van der Waals surface area contributed by atoms with Crippen molar-refractivity contribution >= 4 is 76.1 Å². The number of nitrogens with two attached hydrogens (primary N) is 2. The first-order chi connectivity index (χ1) is 31.1. The van der Waals surface area contributed by atoms with E-state index in [2.05, 4.69) is 10.2 Å². The van der Waals surface area contributed by atoms with Crippen LogP contribution in [0.5, 0.6) is 17.2 Å². The Morgan fingerprint density at radius 1 is 0.656 bits per heavy atom. The third-order valence-corrected chi connectivity index (χ3v) is 18.4. The highest BCUT2D eigenvalue weighted by molar-refractivity contribution is 7.88. The van der Waals surface area contributed by atoms with Crippen LogP contribution in [0.25, 0.3) is 65.2 Å². The van der Waals surface area contributed by atoms with E-state index in [1.165, 1.54) is 22.7 Å². The van der Waals surface area contributed by atoms with Crippen LogP contribution >= 0.6 is 22.7 Å². The zero-order valence-corrected chi connectivity index (χ0v) is 38.5. The Bertz CT molecular complexity index is 3080. The molecule has 0 amide bonds. The quantitative estimate of drug-likeness (QED) is 0.0785. The summed E-state index contributed by atoms with van der Waals surface area (Å²) in [5.41, 5.74) is 21.2. The minimum absolute atomic E-state index is 0.0908. The van der Waals surface area contributed by atoms with Crippen molar-refractivity contribution < 1.29 is 27.7 Å².